The molecule has 1 heterocycles. The van der Waals surface area contributed by atoms with E-state index in [0.29, 0.717) is 4.31 Å². The van der Waals surface area contributed by atoms with E-state index in [-0.39, 0.29) is 11.4 Å². The molecule has 0 aliphatic carbocycles. The van der Waals surface area contributed by atoms with Crippen molar-refractivity contribution in [1.29, 1.82) is 0 Å². The van der Waals surface area contributed by atoms with Crippen LogP contribution in [0, 0.1) is 13.8 Å². The number of carboxylic acids is 1. The van der Waals surface area contributed by atoms with E-state index in [1.165, 1.54) is 19.1 Å². The number of rotatable bonds is 5. The zero-order valence-corrected chi connectivity index (χ0v) is 14.5. The fourth-order valence-corrected chi connectivity index (χ4v) is 4.18. The first-order valence-corrected chi connectivity index (χ1v) is 8.65. The van der Waals surface area contributed by atoms with Crippen LogP contribution >= 0.6 is 0 Å². The number of hydrogen-bond donors (Lipinski definition) is 2. The average molecular weight is 366 g/mol. The molecule has 0 radical (unpaired) electrons. The average Bonchev–Trinajstić information content (AvgIpc) is 2.47. The molecule has 2 N–H and O–H groups in total. The molecule has 0 aliphatic rings. The lowest BCUT2D eigenvalue weighted by molar-refractivity contribution is -0.306. The lowest BCUT2D eigenvalue weighted by Gasteiger charge is -2.31. The van der Waals surface area contributed by atoms with Gasteiger partial charge in [-0.05, 0) is 32.9 Å². The van der Waals surface area contributed by atoms with Crippen molar-refractivity contribution in [2.75, 3.05) is 4.31 Å². The van der Waals surface area contributed by atoms with Gasteiger partial charge in [-0.3, -0.25) is 14.1 Å². The molecule has 2 aromatic rings. The Kier molecular flexibility index (Phi) is 4.84. The summed E-state index contributed by atoms with van der Waals surface area (Å²) >= 11 is 0. The summed E-state index contributed by atoms with van der Waals surface area (Å²) in [6.45, 7) is 4.14. The van der Waals surface area contributed by atoms with Gasteiger partial charge in [-0.1, -0.05) is 17.7 Å². The van der Waals surface area contributed by atoms with Crippen LogP contribution in [0.3, 0.4) is 0 Å². The van der Waals surface area contributed by atoms with Gasteiger partial charge in [0.15, 0.2) is 4.90 Å². The van der Waals surface area contributed by atoms with Gasteiger partial charge in [0.1, 0.15) is 0 Å². The molecule has 25 heavy (non-hydrogen) atoms. The summed E-state index contributed by atoms with van der Waals surface area (Å²) < 4.78 is 26.6. The Morgan fingerprint density at radius 2 is 1.68 bits per heavy atom. The summed E-state index contributed by atoms with van der Waals surface area (Å²) in [5.74, 6) is -1.64. The van der Waals surface area contributed by atoms with Gasteiger partial charge >= 0.3 is 5.69 Å². The van der Waals surface area contributed by atoms with Crippen LogP contribution in [-0.4, -0.2) is 30.4 Å². The summed E-state index contributed by atoms with van der Waals surface area (Å²) in [5, 5.41) is 11.3. The van der Waals surface area contributed by atoms with Gasteiger partial charge in [0.25, 0.3) is 15.6 Å². The number of carbonyl (C=O) groups is 1. The molecule has 1 aromatic heterocycles. The monoisotopic (exact) mass is 366 g/mol. The van der Waals surface area contributed by atoms with E-state index in [2.05, 4.69) is 4.98 Å². The molecule has 10 heteroatoms. The van der Waals surface area contributed by atoms with Crippen LogP contribution < -0.4 is 20.7 Å². The first-order valence-electron chi connectivity index (χ1n) is 7.21. The van der Waals surface area contributed by atoms with Gasteiger partial charge < -0.3 is 14.9 Å². The summed E-state index contributed by atoms with van der Waals surface area (Å²) in [5.41, 5.74) is -1.32. The predicted molar refractivity (Wildman–Crippen MR) is 87.7 cm³/mol. The Balaban J connectivity index is 2.77. The third kappa shape index (κ3) is 3.48. The number of nitrogens with zero attached hydrogens (tertiary/aromatic N) is 1. The summed E-state index contributed by atoms with van der Waals surface area (Å²) in [4.78, 5) is 37.9. The number of carbonyl (C=O) groups excluding carboxylic acids is 1. The van der Waals surface area contributed by atoms with Crippen molar-refractivity contribution in [2.45, 2.75) is 31.7 Å². The largest absolute Gasteiger partial charge is 0.548 e. The van der Waals surface area contributed by atoms with Gasteiger partial charge in [0.2, 0.25) is 0 Å². The van der Waals surface area contributed by atoms with E-state index in [9.17, 15) is 27.9 Å². The number of aryl methyl sites for hydroxylation is 2. The number of aliphatic carboxylic acids is 1. The number of nitrogens with one attached hydrogen (secondary N) is 2. The minimum atomic E-state index is -4.59. The minimum Gasteiger partial charge on any atom is -0.548 e. The number of sulfonamides is 1. The van der Waals surface area contributed by atoms with Gasteiger partial charge in [-0.25, -0.2) is 13.2 Å². The number of benzene rings is 1. The number of hydrogen-bond acceptors (Lipinski definition) is 6. The molecule has 0 amide bonds. The second-order valence-electron chi connectivity index (χ2n) is 5.49. The lowest BCUT2D eigenvalue weighted by atomic mass is 10.2. The molecule has 0 saturated carbocycles. The van der Waals surface area contributed by atoms with Gasteiger partial charge in [-0.15, -0.1) is 0 Å². The van der Waals surface area contributed by atoms with Crippen LogP contribution in [0.1, 0.15) is 18.2 Å². The van der Waals surface area contributed by atoms with Gasteiger partial charge in [-0.2, -0.15) is 0 Å². The lowest BCUT2D eigenvalue weighted by Crippen LogP contribution is -2.50. The quantitative estimate of drug-likeness (QED) is 0.696. The van der Waals surface area contributed by atoms with E-state index in [4.69, 9.17) is 0 Å². The Labute approximate surface area is 143 Å². The highest BCUT2D eigenvalue weighted by molar-refractivity contribution is 7.93. The van der Waals surface area contributed by atoms with Crippen LogP contribution in [0.2, 0.25) is 0 Å². The Morgan fingerprint density at radius 3 is 2.16 bits per heavy atom. The third-order valence-electron chi connectivity index (χ3n) is 3.57. The molecule has 1 unspecified atom stereocenters. The zero-order valence-electron chi connectivity index (χ0n) is 13.7. The fraction of sp³-hybridized carbons (Fsp3) is 0.267. The highest BCUT2D eigenvalue weighted by Gasteiger charge is 2.34. The Hall–Kier alpha value is -2.88. The van der Waals surface area contributed by atoms with E-state index in [1.54, 1.807) is 19.1 Å². The molecule has 0 saturated heterocycles. The highest BCUT2D eigenvalue weighted by Crippen LogP contribution is 2.25. The van der Waals surface area contributed by atoms with Crippen molar-refractivity contribution in [1.82, 2.24) is 9.97 Å². The van der Waals surface area contributed by atoms with E-state index < -0.39 is 38.2 Å². The fourth-order valence-electron chi connectivity index (χ4n) is 2.36. The first kappa shape index (κ1) is 18.5. The van der Waals surface area contributed by atoms with Crippen molar-refractivity contribution in [3.05, 3.63) is 56.4 Å². The smallest absolute Gasteiger partial charge is 0.325 e. The minimum absolute atomic E-state index is 0.0484. The Bertz CT molecular complexity index is 1020. The number of aromatic nitrogens is 2. The second-order valence-corrected chi connectivity index (χ2v) is 7.25. The maximum absolute atomic E-state index is 13.0. The van der Waals surface area contributed by atoms with Crippen LogP contribution in [0.25, 0.3) is 0 Å². The zero-order chi connectivity index (χ0) is 18.9. The molecule has 0 aliphatic heterocycles. The summed E-state index contributed by atoms with van der Waals surface area (Å²) in [6.07, 6.45) is 0. The summed E-state index contributed by atoms with van der Waals surface area (Å²) in [7, 11) is -4.59. The van der Waals surface area contributed by atoms with Crippen molar-refractivity contribution in [3.8, 4) is 0 Å². The standard InChI is InChI=1S/C15H17N3O6S/c1-8-4-6-11(7-5-8)18(10(3)14(20)21)25(23,24)12-9(2)16-15(22)17-13(12)19/h4-7,10H,1-3H3,(H,20,21)(H2,16,17,19,22)/p-1. The maximum atomic E-state index is 13.0. The normalized spacial score (nSPS) is 12.6. The van der Waals surface area contributed by atoms with Crippen LogP contribution in [0.5, 0.6) is 0 Å². The van der Waals surface area contributed by atoms with Crippen LogP contribution in [0.4, 0.5) is 5.69 Å². The van der Waals surface area contributed by atoms with Crippen molar-refractivity contribution in [2.24, 2.45) is 0 Å². The van der Waals surface area contributed by atoms with E-state index in [1.807, 2.05) is 4.98 Å². The number of anilines is 1. The Morgan fingerprint density at radius 1 is 1.12 bits per heavy atom. The van der Waals surface area contributed by atoms with Gasteiger partial charge in [0.05, 0.1) is 17.7 Å². The molecule has 0 spiro atoms. The topological polar surface area (TPSA) is 143 Å². The first-order chi connectivity index (χ1) is 11.6. The molecule has 1 aromatic carbocycles. The number of aromatic amines is 2. The number of H-pyrrole nitrogens is 2. The number of carboxylic acid groups (broad SMARTS) is 1. The summed E-state index contributed by atoms with van der Waals surface area (Å²) in [6, 6.07) is 4.45. The second kappa shape index (κ2) is 6.55. The van der Waals surface area contributed by atoms with Crippen molar-refractivity contribution >= 4 is 21.7 Å². The molecule has 134 valence electrons. The van der Waals surface area contributed by atoms with Crippen molar-refractivity contribution < 1.29 is 18.3 Å². The molecular formula is C15H16N3O6S-. The molecule has 0 bridgehead atoms. The SMILES string of the molecule is Cc1ccc(N(C(C)C(=O)[O-])S(=O)(=O)c2c(C)[nH]c(=O)[nH]c2=O)cc1. The van der Waals surface area contributed by atoms with E-state index >= 15 is 0 Å². The molecule has 2 rings (SSSR count). The van der Waals surface area contributed by atoms with E-state index in [0.717, 1.165) is 12.5 Å². The van der Waals surface area contributed by atoms with Crippen LogP contribution in [-0.2, 0) is 14.8 Å². The highest BCUT2D eigenvalue weighted by atomic mass is 32.2. The van der Waals surface area contributed by atoms with Crippen molar-refractivity contribution in [3.63, 3.8) is 0 Å². The molecular weight excluding hydrogens is 350 g/mol. The molecule has 9 nitrogen and oxygen atoms in total. The van der Waals surface area contributed by atoms with Gasteiger partial charge in [0, 0.05) is 5.69 Å². The van der Waals surface area contributed by atoms with Crippen LogP contribution in [0.15, 0.2) is 38.8 Å². The molecule has 1 atom stereocenters. The third-order valence-corrected chi connectivity index (χ3v) is 5.63. The predicted octanol–water partition coefficient (Wildman–Crippen LogP) is -0.986. The maximum Gasteiger partial charge on any atom is 0.325 e. The molecule has 0 fully saturated rings.